The van der Waals surface area contributed by atoms with Crippen LogP contribution in [0.2, 0.25) is 0 Å². The maximum atomic E-state index is 11.9. The number of aromatic carboxylic acids is 1. The van der Waals surface area contributed by atoms with Crippen molar-refractivity contribution in [2.75, 3.05) is 37.6 Å². The SMILES string of the molecule is Cc1ccc2c(c1)N(CCN1CCCCC1)CCn1c-2c(C2CCCCC2)c2sc(C(=O)O)cc21.Cl.Cl. The molecule has 0 amide bonds. The van der Waals surface area contributed by atoms with Crippen molar-refractivity contribution < 1.29 is 9.90 Å². The third-order valence-electron chi connectivity index (χ3n) is 8.47. The van der Waals surface area contributed by atoms with E-state index in [1.165, 1.54) is 109 Å². The van der Waals surface area contributed by atoms with Crippen molar-refractivity contribution >= 4 is 58.0 Å². The molecular formula is C29H39Cl2N3O2S. The summed E-state index contributed by atoms with van der Waals surface area (Å²) in [4.78, 5) is 17.6. The molecule has 0 radical (unpaired) electrons. The Kier molecular flexibility index (Phi) is 9.16. The second-order valence-corrected chi connectivity index (χ2v) is 11.8. The Labute approximate surface area is 236 Å². The Bertz CT molecular complexity index is 1240. The summed E-state index contributed by atoms with van der Waals surface area (Å²) in [7, 11) is 0. The van der Waals surface area contributed by atoms with Crippen LogP contribution < -0.4 is 4.90 Å². The lowest BCUT2D eigenvalue weighted by atomic mass is 9.83. The van der Waals surface area contributed by atoms with Gasteiger partial charge in [-0.2, -0.15) is 0 Å². The Morgan fingerprint density at radius 1 is 0.946 bits per heavy atom. The van der Waals surface area contributed by atoms with Gasteiger partial charge in [-0.15, -0.1) is 36.2 Å². The van der Waals surface area contributed by atoms with Gasteiger partial charge in [0.05, 0.1) is 15.9 Å². The summed E-state index contributed by atoms with van der Waals surface area (Å²) in [6.07, 6.45) is 10.3. The van der Waals surface area contributed by atoms with Gasteiger partial charge in [0.25, 0.3) is 0 Å². The Morgan fingerprint density at radius 3 is 2.41 bits per heavy atom. The molecule has 0 atom stereocenters. The minimum Gasteiger partial charge on any atom is -0.477 e. The van der Waals surface area contributed by atoms with Gasteiger partial charge >= 0.3 is 5.97 Å². The van der Waals surface area contributed by atoms with E-state index in [0.717, 1.165) is 31.7 Å². The van der Waals surface area contributed by atoms with Gasteiger partial charge in [0.1, 0.15) is 4.88 Å². The van der Waals surface area contributed by atoms with Crippen molar-refractivity contribution in [1.82, 2.24) is 9.47 Å². The van der Waals surface area contributed by atoms with E-state index < -0.39 is 5.97 Å². The molecule has 2 aromatic heterocycles. The van der Waals surface area contributed by atoms with Crippen molar-refractivity contribution in [3.8, 4) is 11.3 Å². The molecule has 0 spiro atoms. The minimum absolute atomic E-state index is 0. The van der Waals surface area contributed by atoms with E-state index in [1.807, 2.05) is 6.07 Å². The fourth-order valence-corrected chi connectivity index (χ4v) is 7.79. The van der Waals surface area contributed by atoms with Crippen LogP contribution in [0, 0.1) is 6.92 Å². The molecule has 1 aromatic carbocycles. The predicted molar refractivity (Wildman–Crippen MR) is 160 cm³/mol. The molecule has 1 aliphatic carbocycles. The zero-order valence-electron chi connectivity index (χ0n) is 21.7. The standard InChI is InChI=1S/C29H37N3O2S.2ClH/c1-20-10-11-22-23(18-20)31(15-14-30-12-6-3-7-13-30)16-17-32-24-19-25(29(33)34)35-28(24)26(27(22)32)21-8-4-2-5-9-21;;/h10-11,18-19,21H,2-9,12-17H2,1H3,(H,33,34);2*1H. The summed E-state index contributed by atoms with van der Waals surface area (Å²) < 4.78 is 3.69. The fraction of sp³-hybridized carbons (Fsp3) is 0.552. The number of rotatable bonds is 5. The van der Waals surface area contributed by atoms with Crippen molar-refractivity contribution in [2.24, 2.45) is 0 Å². The lowest BCUT2D eigenvalue weighted by Crippen LogP contribution is -2.38. The number of carbonyl (C=O) groups is 1. The smallest absolute Gasteiger partial charge is 0.345 e. The number of aryl methyl sites for hydroxylation is 1. The summed E-state index contributed by atoms with van der Waals surface area (Å²) in [5.74, 6) is -0.278. The molecule has 3 aromatic rings. The molecule has 1 saturated carbocycles. The van der Waals surface area contributed by atoms with E-state index in [4.69, 9.17) is 0 Å². The van der Waals surface area contributed by atoms with Gasteiger partial charge < -0.3 is 19.5 Å². The largest absolute Gasteiger partial charge is 0.477 e. The second-order valence-electron chi connectivity index (χ2n) is 10.8. The van der Waals surface area contributed by atoms with Crippen LogP contribution in [0.1, 0.15) is 78.1 Å². The van der Waals surface area contributed by atoms with Crippen molar-refractivity contribution in [2.45, 2.75) is 70.8 Å². The fourth-order valence-electron chi connectivity index (χ4n) is 6.67. The summed E-state index contributed by atoms with van der Waals surface area (Å²) in [6.45, 7) is 8.70. The van der Waals surface area contributed by atoms with Crippen LogP contribution in [0.3, 0.4) is 0 Å². The molecule has 1 N–H and O–H groups in total. The number of nitrogens with zero attached hydrogens (tertiary/aromatic N) is 3. The summed E-state index contributed by atoms with van der Waals surface area (Å²) in [5.41, 5.74) is 7.94. The molecular weight excluding hydrogens is 525 g/mol. The number of carboxylic acids is 1. The molecule has 8 heteroatoms. The Hall–Kier alpha value is -1.73. The highest BCUT2D eigenvalue weighted by Gasteiger charge is 2.32. The van der Waals surface area contributed by atoms with Crippen LogP contribution >= 0.6 is 36.2 Å². The van der Waals surface area contributed by atoms with E-state index in [-0.39, 0.29) is 24.8 Å². The number of fused-ring (bicyclic) bond motifs is 5. The van der Waals surface area contributed by atoms with Crippen LogP contribution in [0.4, 0.5) is 5.69 Å². The normalized spacial score (nSPS) is 18.5. The van der Waals surface area contributed by atoms with Crippen LogP contribution in [-0.4, -0.2) is 53.3 Å². The minimum atomic E-state index is -0.803. The first-order chi connectivity index (χ1) is 17.1. The van der Waals surface area contributed by atoms with E-state index in [0.29, 0.717) is 10.8 Å². The van der Waals surface area contributed by atoms with Crippen molar-refractivity contribution in [1.29, 1.82) is 0 Å². The summed E-state index contributed by atoms with van der Waals surface area (Å²) in [6, 6.07) is 8.92. The number of benzene rings is 1. The maximum absolute atomic E-state index is 11.9. The highest BCUT2D eigenvalue weighted by Crippen LogP contribution is 2.49. The van der Waals surface area contributed by atoms with E-state index in [1.54, 1.807) is 0 Å². The lowest BCUT2D eigenvalue weighted by Gasteiger charge is -2.31. The average molecular weight is 565 g/mol. The van der Waals surface area contributed by atoms with Gasteiger partial charge in [0.2, 0.25) is 0 Å². The van der Waals surface area contributed by atoms with Crippen LogP contribution in [0.15, 0.2) is 24.3 Å². The third-order valence-corrected chi connectivity index (χ3v) is 9.62. The first-order valence-electron chi connectivity index (χ1n) is 13.6. The molecule has 0 bridgehead atoms. The number of halogens is 2. The topological polar surface area (TPSA) is 48.7 Å². The van der Waals surface area contributed by atoms with Crippen molar-refractivity contribution in [3.63, 3.8) is 0 Å². The van der Waals surface area contributed by atoms with Crippen LogP contribution in [0.25, 0.3) is 21.5 Å². The van der Waals surface area contributed by atoms with E-state index in [2.05, 4.69) is 39.5 Å². The summed E-state index contributed by atoms with van der Waals surface area (Å²) >= 11 is 1.49. The number of aromatic nitrogens is 1. The zero-order valence-corrected chi connectivity index (χ0v) is 24.2. The van der Waals surface area contributed by atoms with E-state index in [9.17, 15) is 9.90 Å². The molecule has 0 unspecified atom stereocenters. The average Bonchev–Trinajstić information content (AvgIpc) is 3.39. The Balaban J connectivity index is 0.00000160. The molecule has 1 saturated heterocycles. The quantitative estimate of drug-likeness (QED) is 0.347. The van der Waals surface area contributed by atoms with Gasteiger partial charge in [-0.3, -0.25) is 0 Å². The first kappa shape index (κ1) is 28.3. The Morgan fingerprint density at radius 2 is 1.68 bits per heavy atom. The maximum Gasteiger partial charge on any atom is 0.345 e. The molecule has 6 rings (SSSR count). The molecule has 202 valence electrons. The summed E-state index contributed by atoms with van der Waals surface area (Å²) in [5, 5.41) is 9.78. The second kappa shape index (κ2) is 12.0. The van der Waals surface area contributed by atoms with Gasteiger partial charge in [0, 0.05) is 37.4 Å². The number of hydrogen-bond donors (Lipinski definition) is 1. The van der Waals surface area contributed by atoms with Crippen molar-refractivity contribution in [3.05, 3.63) is 40.3 Å². The molecule has 5 nitrogen and oxygen atoms in total. The highest BCUT2D eigenvalue weighted by atomic mass is 35.5. The molecule has 37 heavy (non-hydrogen) atoms. The molecule has 3 aliphatic rings. The number of piperidine rings is 1. The third kappa shape index (κ3) is 5.40. The van der Waals surface area contributed by atoms with Gasteiger partial charge in [-0.05, 0) is 74.9 Å². The molecule has 4 heterocycles. The monoisotopic (exact) mass is 563 g/mol. The number of hydrogen-bond acceptors (Lipinski definition) is 4. The first-order valence-corrected chi connectivity index (χ1v) is 14.4. The number of anilines is 1. The lowest BCUT2D eigenvalue weighted by molar-refractivity contribution is 0.0702. The van der Waals surface area contributed by atoms with Gasteiger partial charge in [-0.25, -0.2) is 4.79 Å². The van der Waals surface area contributed by atoms with Gasteiger partial charge in [-0.1, -0.05) is 37.8 Å². The van der Waals surface area contributed by atoms with Gasteiger partial charge in [0.15, 0.2) is 0 Å². The zero-order chi connectivity index (χ0) is 23.9. The number of likely N-dealkylation sites (tertiary alicyclic amines) is 1. The number of thiophene rings is 1. The van der Waals surface area contributed by atoms with Crippen LogP contribution in [-0.2, 0) is 6.54 Å². The van der Waals surface area contributed by atoms with Crippen LogP contribution in [0.5, 0.6) is 0 Å². The number of carboxylic acid groups (broad SMARTS) is 1. The molecule has 2 fully saturated rings. The van der Waals surface area contributed by atoms with E-state index >= 15 is 0 Å². The molecule has 2 aliphatic heterocycles. The predicted octanol–water partition coefficient (Wildman–Crippen LogP) is 7.57. The highest BCUT2D eigenvalue weighted by molar-refractivity contribution is 7.21.